The molecule has 208 valence electrons. The summed E-state index contributed by atoms with van der Waals surface area (Å²) in [5.74, 6) is 1.71. The molecule has 0 aliphatic carbocycles. The molecule has 6 N–H and O–H groups in total. The van der Waals surface area contributed by atoms with Gasteiger partial charge in [0.15, 0.2) is 0 Å². The number of hydrogen-bond donors (Lipinski definition) is 4. The maximum atomic E-state index is 5.83. The van der Waals surface area contributed by atoms with Crippen LogP contribution in [0.15, 0.2) is 88.7 Å². The van der Waals surface area contributed by atoms with Crippen molar-refractivity contribution in [3.63, 3.8) is 0 Å². The minimum Gasteiger partial charge on any atom is -0.496 e. The minimum absolute atomic E-state index is 0.729. The summed E-state index contributed by atoms with van der Waals surface area (Å²) >= 11 is 3.08. The number of nitrogen functional groups attached to an aromatic ring is 1. The largest absolute Gasteiger partial charge is 0.496 e. The maximum Gasteiger partial charge on any atom is 0.134 e. The fourth-order valence-electron chi connectivity index (χ4n) is 3.75. The molecular formula is C31H40N4O2S2. The second-order valence-corrected chi connectivity index (χ2v) is 10.3. The van der Waals surface area contributed by atoms with Gasteiger partial charge in [-0.1, -0.05) is 42.0 Å². The summed E-state index contributed by atoms with van der Waals surface area (Å²) in [6.07, 6.45) is 0. The normalized spacial score (nSPS) is 9.85. The number of benzene rings is 4. The fourth-order valence-corrected chi connectivity index (χ4v) is 5.48. The topological polar surface area (TPSA) is 94.6 Å². The van der Waals surface area contributed by atoms with Crippen LogP contribution in [0.1, 0.15) is 22.3 Å². The summed E-state index contributed by atoms with van der Waals surface area (Å²) in [7, 11) is 4.85. The van der Waals surface area contributed by atoms with E-state index in [2.05, 4.69) is 73.2 Å². The van der Waals surface area contributed by atoms with Gasteiger partial charge in [-0.05, 0) is 118 Å². The Bertz CT molecular complexity index is 1310. The Morgan fingerprint density at radius 3 is 1.87 bits per heavy atom. The number of nitrogens with two attached hydrogens (primary N) is 2. The molecule has 0 bridgehead atoms. The molecule has 8 heteroatoms. The molecule has 6 nitrogen and oxygen atoms in total. The highest BCUT2D eigenvalue weighted by Gasteiger charge is 2.08. The standard InChI is InChI=1S/C16H20N2OS.C14H15NOS.CH5N/c1-10-7-11(2)16(12(3)8-10)18-20-15-9-13(17)5-6-14(15)19-4;1-11-6-5-7-12(10-11)15-17-14-9-4-3-8-13(14)16-2;1-2/h5-9,18H,17H2,1-4H3;3-10,15H,1-2H3;2H2,1H3. The molecule has 0 unspecified atom stereocenters. The van der Waals surface area contributed by atoms with Gasteiger partial charge in [-0.2, -0.15) is 0 Å². The summed E-state index contributed by atoms with van der Waals surface area (Å²) in [6.45, 7) is 8.41. The van der Waals surface area contributed by atoms with Gasteiger partial charge in [-0.25, -0.2) is 0 Å². The molecule has 0 radical (unpaired) electrons. The van der Waals surface area contributed by atoms with Crippen LogP contribution in [0.3, 0.4) is 0 Å². The number of ether oxygens (including phenoxy) is 2. The molecule has 4 rings (SSSR count). The van der Waals surface area contributed by atoms with Crippen molar-refractivity contribution in [2.45, 2.75) is 37.5 Å². The van der Waals surface area contributed by atoms with Crippen LogP contribution in [-0.2, 0) is 0 Å². The third kappa shape index (κ3) is 9.98. The highest BCUT2D eigenvalue weighted by atomic mass is 32.2. The summed E-state index contributed by atoms with van der Waals surface area (Å²) in [6, 6.07) is 26.2. The van der Waals surface area contributed by atoms with E-state index < -0.39 is 0 Å². The van der Waals surface area contributed by atoms with Crippen LogP contribution >= 0.6 is 23.9 Å². The molecule has 0 amide bonds. The molecule has 0 saturated heterocycles. The van der Waals surface area contributed by atoms with Crippen LogP contribution in [0.4, 0.5) is 17.1 Å². The number of nitrogens with one attached hydrogen (secondary N) is 2. The van der Waals surface area contributed by atoms with Crippen molar-refractivity contribution in [2.75, 3.05) is 36.4 Å². The van der Waals surface area contributed by atoms with Crippen molar-refractivity contribution in [2.24, 2.45) is 5.73 Å². The Hall–Kier alpha value is -3.46. The van der Waals surface area contributed by atoms with Crippen LogP contribution in [-0.4, -0.2) is 21.3 Å². The van der Waals surface area contributed by atoms with Crippen LogP contribution in [0, 0.1) is 27.7 Å². The van der Waals surface area contributed by atoms with E-state index in [4.69, 9.17) is 15.2 Å². The van der Waals surface area contributed by atoms with E-state index in [1.807, 2.05) is 48.5 Å². The third-order valence-electron chi connectivity index (χ3n) is 5.49. The van der Waals surface area contributed by atoms with Crippen molar-refractivity contribution >= 4 is 41.0 Å². The smallest absolute Gasteiger partial charge is 0.134 e. The Morgan fingerprint density at radius 2 is 1.23 bits per heavy atom. The Balaban J connectivity index is 0.000000260. The van der Waals surface area contributed by atoms with E-state index >= 15 is 0 Å². The first-order valence-corrected chi connectivity index (χ1v) is 14.1. The SMILES string of the molecule is CN.COc1ccc(N)cc1SNc1c(C)cc(C)cc1C.COc1ccccc1SNc1cccc(C)c1. The van der Waals surface area contributed by atoms with Gasteiger partial charge in [0.2, 0.25) is 0 Å². The molecule has 4 aromatic rings. The zero-order valence-corrected chi connectivity index (χ0v) is 25.4. The molecule has 0 aliphatic rings. The second-order valence-electron chi connectivity index (χ2n) is 8.61. The van der Waals surface area contributed by atoms with Gasteiger partial charge in [0.05, 0.1) is 29.7 Å². The van der Waals surface area contributed by atoms with Gasteiger partial charge >= 0.3 is 0 Å². The number of anilines is 3. The number of aryl methyl sites for hydroxylation is 4. The molecule has 0 heterocycles. The van der Waals surface area contributed by atoms with Gasteiger partial charge in [-0.3, -0.25) is 0 Å². The molecule has 0 aromatic heterocycles. The van der Waals surface area contributed by atoms with Crippen LogP contribution < -0.4 is 30.4 Å². The highest BCUT2D eigenvalue weighted by Crippen LogP contribution is 2.34. The molecule has 0 spiro atoms. The van der Waals surface area contributed by atoms with Crippen LogP contribution in [0.5, 0.6) is 11.5 Å². The average molecular weight is 565 g/mol. The second kappa shape index (κ2) is 16.5. The molecule has 0 aliphatic heterocycles. The van der Waals surface area contributed by atoms with Crippen LogP contribution in [0.2, 0.25) is 0 Å². The van der Waals surface area contributed by atoms with Gasteiger partial charge in [0.1, 0.15) is 11.5 Å². The quantitative estimate of drug-likeness (QED) is 0.126. The van der Waals surface area contributed by atoms with E-state index in [1.165, 1.54) is 41.2 Å². The molecule has 0 saturated carbocycles. The monoisotopic (exact) mass is 564 g/mol. The van der Waals surface area contributed by atoms with E-state index in [9.17, 15) is 0 Å². The van der Waals surface area contributed by atoms with Crippen LogP contribution in [0.25, 0.3) is 0 Å². The molecular weight excluding hydrogens is 525 g/mol. The number of methoxy groups -OCH3 is 2. The lowest BCUT2D eigenvalue weighted by Crippen LogP contribution is -1.96. The van der Waals surface area contributed by atoms with E-state index in [0.717, 1.165) is 38.4 Å². The first kappa shape index (κ1) is 31.8. The molecule has 39 heavy (non-hydrogen) atoms. The molecule has 0 atom stereocenters. The minimum atomic E-state index is 0.729. The highest BCUT2D eigenvalue weighted by molar-refractivity contribution is 8.01. The lowest BCUT2D eigenvalue weighted by Gasteiger charge is -2.14. The Morgan fingerprint density at radius 1 is 0.615 bits per heavy atom. The maximum absolute atomic E-state index is 5.83. The predicted octanol–water partition coefficient (Wildman–Crippen LogP) is 8.02. The van der Waals surface area contributed by atoms with Gasteiger partial charge in [0, 0.05) is 11.4 Å². The lowest BCUT2D eigenvalue weighted by molar-refractivity contribution is 0.405. The fraction of sp³-hybridized carbons (Fsp3) is 0.226. The first-order chi connectivity index (χ1) is 18.8. The predicted molar refractivity (Wildman–Crippen MR) is 171 cm³/mol. The van der Waals surface area contributed by atoms with Gasteiger partial charge in [-0.15, -0.1) is 0 Å². The first-order valence-electron chi connectivity index (χ1n) is 12.4. The third-order valence-corrected chi connectivity index (χ3v) is 7.23. The van der Waals surface area contributed by atoms with Crippen molar-refractivity contribution in [1.29, 1.82) is 0 Å². The summed E-state index contributed by atoms with van der Waals surface area (Å²) in [5.41, 5.74) is 18.3. The van der Waals surface area contributed by atoms with Crippen molar-refractivity contribution in [3.05, 3.63) is 101 Å². The lowest BCUT2D eigenvalue weighted by atomic mass is 10.1. The van der Waals surface area contributed by atoms with Gasteiger partial charge in [0.25, 0.3) is 0 Å². The van der Waals surface area contributed by atoms with Crippen molar-refractivity contribution in [3.8, 4) is 11.5 Å². The summed E-state index contributed by atoms with van der Waals surface area (Å²) < 4.78 is 17.4. The van der Waals surface area contributed by atoms with E-state index in [1.54, 1.807) is 26.2 Å². The average Bonchev–Trinajstić information content (AvgIpc) is 2.93. The van der Waals surface area contributed by atoms with E-state index in [0.29, 0.717) is 0 Å². The van der Waals surface area contributed by atoms with Crippen molar-refractivity contribution in [1.82, 2.24) is 0 Å². The zero-order chi connectivity index (χ0) is 28.8. The summed E-state index contributed by atoms with van der Waals surface area (Å²) in [5, 5.41) is 0. The number of hydrogen-bond acceptors (Lipinski definition) is 8. The zero-order valence-electron chi connectivity index (χ0n) is 23.8. The number of rotatable bonds is 8. The summed E-state index contributed by atoms with van der Waals surface area (Å²) in [4.78, 5) is 2.06. The van der Waals surface area contributed by atoms with Crippen molar-refractivity contribution < 1.29 is 9.47 Å². The Labute approximate surface area is 242 Å². The molecule has 4 aromatic carbocycles. The van der Waals surface area contributed by atoms with Gasteiger partial charge < -0.3 is 30.4 Å². The molecule has 0 fully saturated rings. The Kier molecular flexibility index (Phi) is 13.4. The van der Waals surface area contributed by atoms with E-state index in [-0.39, 0.29) is 0 Å². The number of para-hydroxylation sites is 1.